The maximum absolute atomic E-state index is 10.3. The summed E-state index contributed by atoms with van der Waals surface area (Å²) >= 11 is 0. The molecule has 0 fully saturated rings. The highest BCUT2D eigenvalue weighted by Gasteiger charge is 2.30. The molecule has 0 aromatic carbocycles. The van der Waals surface area contributed by atoms with Crippen molar-refractivity contribution in [2.75, 3.05) is 0 Å². The van der Waals surface area contributed by atoms with Crippen molar-refractivity contribution in [2.24, 2.45) is 10.8 Å². The molecule has 0 spiro atoms. The van der Waals surface area contributed by atoms with Crippen molar-refractivity contribution in [3.8, 4) is 0 Å². The van der Waals surface area contributed by atoms with E-state index in [1.54, 1.807) is 5.57 Å². The molecule has 2 rings (SSSR count). The Labute approximate surface area is 252 Å². The SMILES string of the molecule is CC(C=CC1=C(C)CCCC1(C)C)=CC=CC(C)=C/C=C/C=C(C)/C=C/C=C(C)/C=C/C1=C(C)C(O)CCC1(C)C. The average Bonchev–Trinajstić information content (AvgIpc) is 2.88. The Kier molecular flexibility index (Phi) is 13.3. The lowest BCUT2D eigenvalue weighted by atomic mass is 9.71. The van der Waals surface area contributed by atoms with Crippen LogP contribution in [-0.2, 0) is 0 Å². The molecule has 0 saturated carbocycles. The normalized spacial score (nSPS) is 23.5. The molecule has 222 valence electrons. The zero-order valence-corrected chi connectivity index (χ0v) is 27.6. The van der Waals surface area contributed by atoms with Gasteiger partial charge in [-0.25, -0.2) is 0 Å². The molecule has 0 heterocycles. The van der Waals surface area contributed by atoms with E-state index >= 15 is 0 Å². The van der Waals surface area contributed by atoms with Crippen molar-refractivity contribution in [3.05, 3.63) is 130 Å². The van der Waals surface area contributed by atoms with E-state index in [-0.39, 0.29) is 16.9 Å². The first-order chi connectivity index (χ1) is 19.2. The minimum atomic E-state index is -0.308. The molecule has 41 heavy (non-hydrogen) atoms. The maximum Gasteiger partial charge on any atom is 0.0753 e. The predicted molar refractivity (Wildman–Crippen MR) is 183 cm³/mol. The van der Waals surface area contributed by atoms with Crippen LogP contribution in [0.2, 0.25) is 0 Å². The smallest absolute Gasteiger partial charge is 0.0753 e. The average molecular weight is 553 g/mol. The maximum atomic E-state index is 10.3. The summed E-state index contributed by atoms with van der Waals surface area (Å²) in [6.45, 7) is 22.1. The van der Waals surface area contributed by atoms with Crippen molar-refractivity contribution in [3.63, 3.8) is 0 Å². The number of allylic oxidation sites excluding steroid dienone is 21. The Hall–Kier alpha value is -2.90. The highest BCUT2D eigenvalue weighted by molar-refractivity contribution is 5.39. The van der Waals surface area contributed by atoms with Gasteiger partial charge in [0, 0.05) is 0 Å². The molecule has 2 aliphatic rings. The summed E-state index contributed by atoms with van der Waals surface area (Å²) < 4.78 is 0. The summed E-state index contributed by atoms with van der Waals surface area (Å²) in [5.41, 5.74) is 10.7. The monoisotopic (exact) mass is 552 g/mol. The molecule has 0 aliphatic heterocycles. The van der Waals surface area contributed by atoms with Crippen LogP contribution in [0.25, 0.3) is 0 Å². The summed E-state index contributed by atoms with van der Waals surface area (Å²) in [4.78, 5) is 0. The topological polar surface area (TPSA) is 20.2 Å². The number of aliphatic hydroxyl groups excluding tert-OH is 1. The second kappa shape index (κ2) is 15.9. The van der Waals surface area contributed by atoms with Crippen LogP contribution in [0.15, 0.2) is 130 Å². The molecule has 1 unspecified atom stereocenters. The van der Waals surface area contributed by atoms with Crippen LogP contribution < -0.4 is 0 Å². The lowest BCUT2D eigenvalue weighted by molar-refractivity contribution is 0.163. The van der Waals surface area contributed by atoms with Crippen molar-refractivity contribution in [1.82, 2.24) is 0 Å². The van der Waals surface area contributed by atoms with E-state index < -0.39 is 0 Å². The summed E-state index contributed by atoms with van der Waals surface area (Å²) in [5.74, 6) is 0. The zero-order valence-electron chi connectivity index (χ0n) is 27.6. The molecule has 0 aromatic rings. The number of hydrogen-bond acceptors (Lipinski definition) is 1. The molecule has 0 bridgehead atoms. The van der Waals surface area contributed by atoms with Crippen molar-refractivity contribution in [2.45, 2.75) is 107 Å². The minimum absolute atomic E-state index is 0.112. The molecular formula is C40H56O. The number of hydrogen-bond donors (Lipinski definition) is 1. The van der Waals surface area contributed by atoms with Gasteiger partial charge in [-0.2, -0.15) is 0 Å². The molecule has 1 nitrogen and oxygen atoms in total. The Bertz CT molecular complexity index is 1250. The van der Waals surface area contributed by atoms with E-state index in [0.29, 0.717) is 0 Å². The van der Waals surface area contributed by atoms with Gasteiger partial charge in [-0.3, -0.25) is 0 Å². The quantitative estimate of drug-likeness (QED) is 0.267. The Morgan fingerprint density at radius 2 is 1.07 bits per heavy atom. The Morgan fingerprint density at radius 3 is 1.59 bits per heavy atom. The Morgan fingerprint density at radius 1 is 0.634 bits per heavy atom. The summed E-state index contributed by atoms with van der Waals surface area (Å²) in [5, 5.41) is 10.3. The second-order valence-corrected chi connectivity index (χ2v) is 13.4. The van der Waals surface area contributed by atoms with E-state index in [0.717, 1.165) is 18.4 Å². The number of aliphatic hydroxyl groups is 1. The van der Waals surface area contributed by atoms with E-state index in [1.807, 2.05) is 0 Å². The fourth-order valence-electron chi connectivity index (χ4n) is 5.70. The third-order valence-corrected chi connectivity index (χ3v) is 8.53. The first-order valence-electron chi connectivity index (χ1n) is 15.4. The van der Waals surface area contributed by atoms with Gasteiger partial charge in [0.05, 0.1) is 6.10 Å². The first kappa shape index (κ1) is 34.3. The third-order valence-electron chi connectivity index (χ3n) is 8.53. The van der Waals surface area contributed by atoms with Crippen LogP contribution in [0.1, 0.15) is 101 Å². The highest BCUT2D eigenvalue weighted by Crippen LogP contribution is 2.41. The molecule has 0 saturated heterocycles. The van der Waals surface area contributed by atoms with Crippen molar-refractivity contribution < 1.29 is 5.11 Å². The van der Waals surface area contributed by atoms with Crippen LogP contribution in [0.4, 0.5) is 0 Å². The van der Waals surface area contributed by atoms with E-state index in [2.05, 4.69) is 154 Å². The Balaban J connectivity index is 1.90. The molecule has 0 aromatic heterocycles. The fraction of sp³-hybridized carbons (Fsp3) is 0.450. The number of rotatable bonds is 10. The highest BCUT2D eigenvalue weighted by atomic mass is 16.3. The zero-order chi connectivity index (χ0) is 30.6. The van der Waals surface area contributed by atoms with Crippen LogP contribution in [-0.4, -0.2) is 11.2 Å². The standard InChI is InChI=1S/C40H56O/c1-30(18-13-20-32(3)23-25-36-34(5)22-15-28-39(36,7)8)16-11-12-17-31(2)19-14-21-33(4)24-26-37-35(6)38(41)27-29-40(37,9)10/h11-14,16-21,23-26,38,41H,15,22,27-29H2,1-10H3/b12-11+,18-13?,19-14+,25-23?,26-24+,30-16?,31-17+,32-20?,33-21+. The van der Waals surface area contributed by atoms with E-state index in [4.69, 9.17) is 0 Å². The van der Waals surface area contributed by atoms with E-state index in [9.17, 15) is 5.11 Å². The molecule has 0 radical (unpaired) electrons. The molecule has 0 amide bonds. The van der Waals surface area contributed by atoms with Gasteiger partial charge in [0.2, 0.25) is 0 Å². The molecule has 1 heteroatoms. The summed E-state index contributed by atoms with van der Waals surface area (Å²) in [6.07, 6.45) is 35.6. The molecule has 1 N–H and O–H groups in total. The van der Waals surface area contributed by atoms with Gasteiger partial charge < -0.3 is 5.11 Å². The van der Waals surface area contributed by atoms with Gasteiger partial charge in [-0.1, -0.05) is 141 Å². The lowest BCUT2D eigenvalue weighted by Crippen LogP contribution is -2.27. The second-order valence-electron chi connectivity index (χ2n) is 13.4. The van der Waals surface area contributed by atoms with Crippen molar-refractivity contribution in [1.29, 1.82) is 0 Å². The van der Waals surface area contributed by atoms with Gasteiger partial charge >= 0.3 is 0 Å². The minimum Gasteiger partial charge on any atom is -0.389 e. The molecule has 1 atom stereocenters. The third kappa shape index (κ3) is 11.5. The van der Waals surface area contributed by atoms with Gasteiger partial charge in [0.15, 0.2) is 0 Å². The van der Waals surface area contributed by atoms with Crippen LogP contribution >= 0.6 is 0 Å². The van der Waals surface area contributed by atoms with Gasteiger partial charge in [-0.05, 0) is 101 Å². The largest absolute Gasteiger partial charge is 0.389 e. The van der Waals surface area contributed by atoms with Crippen molar-refractivity contribution >= 4 is 0 Å². The van der Waals surface area contributed by atoms with Gasteiger partial charge in [-0.15, -0.1) is 0 Å². The molecule has 2 aliphatic carbocycles. The van der Waals surface area contributed by atoms with E-state index in [1.165, 1.54) is 52.7 Å². The molecular weight excluding hydrogens is 496 g/mol. The van der Waals surface area contributed by atoms with Crippen LogP contribution in [0, 0.1) is 10.8 Å². The fourth-order valence-corrected chi connectivity index (χ4v) is 5.70. The van der Waals surface area contributed by atoms with Gasteiger partial charge in [0.1, 0.15) is 0 Å². The van der Waals surface area contributed by atoms with Gasteiger partial charge in [0.25, 0.3) is 0 Å². The predicted octanol–water partition coefficient (Wildman–Crippen LogP) is 11.6. The lowest BCUT2D eigenvalue weighted by Gasteiger charge is -2.35. The summed E-state index contributed by atoms with van der Waals surface area (Å²) in [6, 6.07) is 0. The summed E-state index contributed by atoms with van der Waals surface area (Å²) in [7, 11) is 0. The van der Waals surface area contributed by atoms with Crippen LogP contribution in [0.3, 0.4) is 0 Å². The van der Waals surface area contributed by atoms with Crippen LogP contribution in [0.5, 0.6) is 0 Å². The first-order valence-corrected chi connectivity index (χ1v) is 15.4.